The molecule has 1 aromatic rings. The van der Waals surface area contributed by atoms with Gasteiger partial charge in [0, 0.05) is 6.20 Å². The molecule has 1 N–H and O–H groups in total. The van der Waals surface area contributed by atoms with E-state index in [-0.39, 0.29) is 0 Å². The summed E-state index contributed by atoms with van der Waals surface area (Å²) in [7, 11) is 0. The third kappa shape index (κ3) is 3.57. The van der Waals surface area contributed by atoms with E-state index in [0.29, 0.717) is 22.6 Å². The molecule has 3 nitrogen and oxygen atoms in total. The number of anilines is 1. The molecular formula is C8H9ClN2OS. The molecule has 0 bridgehead atoms. The summed E-state index contributed by atoms with van der Waals surface area (Å²) in [5.74, 6) is 0.628. The Labute approximate surface area is 87.1 Å². The molecule has 0 unspecified atom stereocenters. The maximum atomic E-state index is 5.66. The summed E-state index contributed by atoms with van der Waals surface area (Å²) < 4.78 is 5.02. The lowest BCUT2D eigenvalue weighted by atomic mass is 10.5. The van der Waals surface area contributed by atoms with Crippen LogP contribution in [-0.2, 0) is 4.74 Å². The Morgan fingerprint density at radius 3 is 3.00 bits per heavy atom. The average molecular weight is 217 g/mol. The number of thiocarbonyl (C=S) groups is 1. The van der Waals surface area contributed by atoms with Gasteiger partial charge in [0.25, 0.3) is 5.17 Å². The van der Waals surface area contributed by atoms with Gasteiger partial charge in [-0.25, -0.2) is 4.98 Å². The van der Waals surface area contributed by atoms with Crippen LogP contribution >= 0.6 is 23.8 Å². The third-order valence-corrected chi connectivity index (χ3v) is 1.68. The molecule has 0 atom stereocenters. The molecule has 0 aliphatic heterocycles. The first-order valence-corrected chi connectivity index (χ1v) is 4.56. The van der Waals surface area contributed by atoms with Crippen molar-refractivity contribution in [2.75, 3.05) is 11.9 Å². The Hall–Kier alpha value is -0.870. The van der Waals surface area contributed by atoms with E-state index >= 15 is 0 Å². The topological polar surface area (TPSA) is 34.1 Å². The van der Waals surface area contributed by atoms with Crippen molar-refractivity contribution in [3.63, 3.8) is 0 Å². The van der Waals surface area contributed by atoms with E-state index in [2.05, 4.69) is 10.3 Å². The molecule has 0 amide bonds. The highest BCUT2D eigenvalue weighted by atomic mass is 35.5. The zero-order valence-corrected chi connectivity index (χ0v) is 8.65. The lowest BCUT2D eigenvalue weighted by molar-refractivity contribution is 0.335. The fraction of sp³-hybridized carbons (Fsp3) is 0.250. The minimum absolute atomic E-state index is 0.317. The van der Waals surface area contributed by atoms with Gasteiger partial charge in [-0.15, -0.1) is 0 Å². The fourth-order valence-electron chi connectivity index (χ4n) is 0.722. The Morgan fingerprint density at radius 2 is 2.46 bits per heavy atom. The number of nitrogens with zero attached hydrogens (tertiary/aromatic N) is 1. The quantitative estimate of drug-likeness (QED) is 0.771. The number of rotatable bonds is 2. The normalized spacial score (nSPS) is 9.38. The first-order valence-electron chi connectivity index (χ1n) is 3.77. The Kier molecular flexibility index (Phi) is 3.92. The van der Waals surface area contributed by atoms with Crippen LogP contribution in [-0.4, -0.2) is 16.8 Å². The molecule has 1 heterocycles. The van der Waals surface area contributed by atoms with Gasteiger partial charge in [0.2, 0.25) is 0 Å². The van der Waals surface area contributed by atoms with Crippen molar-refractivity contribution in [3.05, 3.63) is 23.4 Å². The molecule has 0 aromatic carbocycles. The van der Waals surface area contributed by atoms with Crippen molar-refractivity contribution in [2.45, 2.75) is 6.92 Å². The summed E-state index contributed by atoms with van der Waals surface area (Å²) in [6.07, 6.45) is 1.54. The predicted octanol–water partition coefficient (Wildman–Crippen LogP) is 2.47. The molecule has 0 fully saturated rings. The van der Waals surface area contributed by atoms with E-state index in [0.717, 1.165) is 0 Å². The number of aromatic nitrogens is 1. The van der Waals surface area contributed by atoms with E-state index in [1.54, 1.807) is 18.3 Å². The molecule has 13 heavy (non-hydrogen) atoms. The van der Waals surface area contributed by atoms with Gasteiger partial charge in [-0.1, -0.05) is 11.6 Å². The van der Waals surface area contributed by atoms with Crippen molar-refractivity contribution in [2.24, 2.45) is 0 Å². The van der Waals surface area contributed by atoms with Gasteiger partial charge < -0.3 is 10.1 Å². The van der Waals surface area contributed by atoms with Crippen molar-refractivity contribution in [1.29, 1.82) is 0 Å². The Morgan fingerprint density at radius 1 is 1.69 bits per heavy atom. The second-order valence-electron chi connectivity index (χ2n) is 2.21. The van der Waals surface area contributed by atoms with E-state index in [1.807, 2.05) is 6.92 Å². The third-order valence-electron chi connectivity index (χ3n) is 1.23. The molecule has 0 radical (unpaired) electrons. The second-order valence-corrected chi connectivity index (χ2v) is 3.01. The summed E-state index contributed by atoms with van der Waals surface area (Å²) in [5.41, 5.74) is 0. The maximum absolute atomic E-state index is 5.66. The largest absolute Gasteiger partial charge is 0.471 e. The standard InChI is InChI=1S/C8H9ClN2OS/c1-2-12-8(13)11-7-4-3-6(9)5-10-7/h3-5H,2H2,1H3,(H,10,11,13). The van der Waals surface area contributed by atoms with Crippen LogP contribution in [0.4, 0.5) is 5.82 Å². The monoisotopic (exact) mass is 216 g/mol. The predicted molar refractivity (Wildman–Crippen MR) is 57.1 cm³/mol. The van der Waals surface area contributed by atoms with E-state index in [4.69, 9.17) is 28.6 Å². The lowest BCUT2D eigenvalue weighted by Crippen LogP contribution is -2.13. The zero-order valence-electron chi connectivity index (χ0n) is 7.08. The number of hydrogen-bond donors (Lipinski definition) is 1. The van der Waals surface area contributed by atoms with Crippen molar-refractivity contribution < 1.29 is 4.74 Å². The van der Waals surface area contributed by atoms with E-state index in [1.165, 1.54) is 0 Å². The molecule has 0 spiro atoms. The summed E-state index contributed by atoms with van der Waals surface area (Å²) in [6.45, 7) is 2.41. The van der Waals surface area contributed by atoms with Gasteiger partial charge in [0.05, 0.1) is 11.6 Å². The van der Waals surface area contributed by atoms with Gasteiger partial charge in [-0.2, -0.15) is 0 Å². The Balaban J connectivity index is 2.54. The first-order chi connectivity index (χ1) is 6.22. The minimum atomic E-state index is 0.317. The molecule has 0 aliphatic carbocycles. The van der Waals surface area contributed by atoms with E-state index < -0.39 is 0 Å². The highest BCUT2D eigenvalue weighted by Crippen LogP contribution is 2.09. The van der Waals surface area contributed by atoms with Crippen molar-refractivity contribution >= 4 is 34.8 Å². The van der Waals surface area contributed by atoms with Crippen molar-refractivity contribution in [1.82, 2.24) is 4.98 Å². The molecule has 5 heteroatoms. The number of halogens is 1. The van der Waals surface area contributed by atoms with Gasteiger partial charge in [0.1, 0.15) is 5.82 Å². The molecule has 0 saturated heterocycles. The van der Waals surface area contributed by atoms with Crippen LogP contribution in [0.5, 0.6) is 0 Å². The summed E-state index contributed by atoms with van der Waals surface area (Å²) in [6, 6.07) is 3.46. The number of nitrogens with one attached hydrogen (secondary N) is 1. The smallest absolute Gasteiger partial charge is 0.262 e. The van der Waals surface area contributed by atoms with Gasteiger partial charge in [0.15, 0.2) is 0 Å². The van der Waals surface area contributed by atoms with Gasteiger partial charge in [-0.3, -0.25) is 0 Å². The Bertz CT molecular complexity index is 289. The average Bonchev–Trinajstić information content (AvgIpc) is 2.09. The van der Waals surface area contributed by atoms with Crippen LogP contribution in [0.15, 0.2) is 18.3 Å². The molecule has 1 rings (SSSR count). The van der Waals surface area contributed by atoms with Crippen LogP contribution in [0, 0.1) is 0 Å². The highest BCUT2D eigenvalue weighted by molar-refractivity contribution is 7.80. The minimum Gasteiger partial charge on any atom is -0.471 e. The zero-order chi connectivity index (χ0) is 9.68. The first kappa shape index (κ1) is 10.2. The fourth-order valence-corrected chi connectivity index (χ4v) is 1.06. The molecule has 70 valence electrons. The highest BCUT2D eigenvalue weighted by Gasteiger charge is 1.97. The molecule has 0 saturated carbocycles. The molecule has 0 aliphatic rings. The summed E-state index contributed by atoms with van der Waals surface area (Å²) in [4.78, 5) is 3.99. The van der Waals surface area contributed by atoms with Crippen LogP contribution in [0.1, 0.15) is 6.92 Å². The number of pyridine rings is 1. The number of ether oxygens (including phenoxy) is 1. The summed E-state index contributed by atoms with van der Waals surface area (Å²) in [5, 5.41) is 3.72. The van der Waals surface area contributed by atoms with Crippen LogP contribution in [0.3, 0.4) is 0 Å². The molecule has 1 aromatic heterocycles. The van der Waals surface area contributed by atoms with E-state index in [9.17, 15) is 0 Å². The SMILES string of the molecule is CCOC(=S)Nc1ccc(Cl)cn1. The van der Waals surface area contributed by atoms with Gasteiger partial charge >= 0.3 is 0 Å². The number of hydrogen-bond acceptors (Lipinski definition) is 3. The van der Waals surface area contributed by atoms with Gasteiger partial charge in [-0.05, 0) is 31.3 Å². The van der Waals surface area contributed by atoms with Crippen LogP contribution in [0.25, 0.3) is 0 Å². The van der Waals surface area contributed by atoms with Crippen molar-refractivity contribution in [3.8, 4) is 0 Å². The van der Waals surface area contributed by atoms with Crippen LogP contribution in [0.2, 0.25) is 5.02 Å². The maximum Gasteiger partial charge on any atom is 0.262 e. The summed E-state index contributed by atoms with van der Waals surface area (Å²) >= 11 is 10.5. The second kappa shape index (κ2) is 4.99. The molecular weight excluding hydrogens is 208 g/mol. The lowest BCUT2D eigenvalue weighted by Gasteiger charge is -2.06. The van der Waals surface area contributed by atoms with Crippen LogP contribution < -0.4 is 5.32 Å².